The molecular weight excluding hydrogens is 188 g/mol. The van der Waals surface area contributed by atoms with Crippen molar-refractivity contribution in [3.8, 4) is 0 Å². The summed E-state index contributed by atoms with van der Waals surface area (Å²) in [4.78, 5) is 15.5. The van der Waals surface area contributed by atoms with Crippen molar-refractivity contribution in [3.05, 3.63) is 35.3 Å². The van der Waals surface area contributed by atoms with Crippen LogP contribution in [0.2, 0.25) is 0 Å². The van der Waals surface area contributed by atoms with E-state index < -0.39 is 0 Å². The van der Waals surface area contributed by atoms with E-state index in [0.29, 0.717) is 5.69 Å². The number of imidazole rings is 1. The van der Waals surface area contributed by atoms with Crippen molar-refractivity contribution in [3.63, 3.8) is 0 Å². The maximum Gasteiger partial charge on any atom is 0.168 e. The molecule has 0 saturated carbocycles. The van der Waals surface area contributed by atoms with Gasteiger partial charge in [0.15, 0.2) is 6.29 Å². The molecular formula is C12H14N2O. The van der Waals surface area contributed by atoms with Crippen LogP contribution in [0.1, 0.15) is 35.1 Å². The fourth-order valence-electron chi connectivity index (χ4n) is 1.76. The van der Waals surface area contributed by atoms with Crippen LogP contribution in [0.4, 0.5) is 0 Å². The molecule has 2 aromatic rings. The topological polar surface area (TPSA) is 34.4 Å². The number of aldehydes is 1. The van der Waals surface area contributed by atoms with Gasteiger partial charge in [0.2, 0.25) is 0 Å². The molecule has 0 atom stereocenters. The van der Waals surface area contributed by atoms with E-state index in [-0.39, 0.29) is 0 Å². The zero-order chi connectivity index (χ0) is 10.8. The van der Waals surface area contributed by atoms with Crippen LogP contribution in [-0.2, 0) is 6.42 Å². The Labute approximate surface area is 88.8 Å². The molecule has 0 aliphatic carbocycles. The van der Waals surface area contributed by atoms with Crippen LogP contribution in [0.5, 0.6) is 0 Å². The number of nitrogens with zero attached hydrogens (tertiary/aromatic N) is 2. The first-order valence-corrected chi connectivity index (χ1v) is 5.19. The van der Waals surface area contributed by atoms with Crippen molar-refractivity contribution < 1.29 is 4.79 Å². The minimum atomic E-state index is 0.690. The van der Waals surface area contributed by atoms with Crippen molar-refractivity contribution >= 4 is 11.9 Å². The molecule has 78 valence electrons. The molecule has 0 N–H and O–H groups in total. The average molecular weight is 202 g/mol. The van der Waals surface area contributed by atoms with Gasteiger partial charge in [-0.15, -0.1) is 0 Å². The molecule has 0 radical (unpaired) electrons. The van der Waals surface area contributed by atoms with Crippen molar-refractivity contribution in [2.24, 2.45) is 0 Å². The van der Waals surface area contributed by atoms with Crippen LogP contribution >= 0.6 is 0 Å². The van der Waals surface area contributed by atoms with E-state index in [9.17, 15) is 4.79 Å². The second-order valence-electron chi connectivity index (χ2n) is 3.75. The summed E-state index contributed by atoms with van der Waals surface area (Å²) in [5.41, 5.74) is 3.57. The van der Waals surface area contributed by atoms with E-state index in [2.05, 4.69) is 11.9 Å². The first-order valence-electron chi connectivity index (χ1n) is 5.19. The molecule has 0 aromatic carbocycles. The Balaban J connectivity index is 2.68. The quantitative estimate of drug-likeness (QED) is 0.716. The summed E-state index contributed by atoms with van der Waals surface area (Å²) < 4.78 is 1.87. The molecule has 2 rings (SSSR count). The van der Waals surface area contributed by atoms with E-state index >= 15 is 0 Å². The predicted molar refractivity (Wildman–Crippen MR) is 59.3 cm³/mol. The van der Waals surface area contributed by atoms with Crippen molar-refractivity contribution in [1.82, 2.24) is 9.38 Å². The first-order chi connectivity index (χ1) is 7.26. The Bertz CT molecular complexity index is 500. The fraction of sp³-hybridized carbons (Fsp3) is 0.333. The Hall–Kier alpha value is -1.64. The van der Waals surface area contributed by atoms with Gasteiger partial charge in [0.25, 0.3) is 0 Å². The zero-order valence-corrected chi connectivity index (χ0v) is 9.03. The van der Waals surface area contributed by atoms with Gasteiger partial charge in [-0.05, 0) is 25.0 Å². The third-order valence-corrected chi connectivity index (χ3v) is 2.48. The molecule has 3 heteroatoms. The molecule has 0 fully saturated rings. The van der Waals surface area contributed by atoms with Gasteiger partial charge in [0, 0.05) is 6.20 Å². The smallest absolute Gasteiger partial charge is 0.168 e. The Morgan fingerprint density at radius 3 is 2.93 bits per heavy atom. The molecule has 0 amide bonds. The monoisotopic (exact) mass is 202 g/mol. The van der Waals surface area contributed by atoms with E-state index in [4.69, 9.17) is 0 Å². The van der Waals surface area contributed by atoms with Crippen LogP contribution in [-0.4, -0.2) is 15.7 Å². The highest BCUT2D eigenvalue weighted by atomic mass is 16.1. The highest BCUT2D eigenvalue weighted by Crippen LogP contribution is 2.13. The molecule has 0 unspecified atom stereocenters. The molecule has 2 aromatic heterocycles. The first kappa shape index (κ1) is 9.90. The highest BCUT2D eigenvalue weighted by molar-refractivity contribution is 5.76. The van der Waals surface area contributed by atoms with Crippen LogP contribution in [0, 0.1) is 6.92 Å². The number of hydrogen-bond donors (Lipinski definition) is 0. The summed E-state index contributed by atoms with van der Waals surface area (Å²) in [7, 11) is 0. The van der Waals surface area contributed by atoms with Gasteiger partial charge in [-0.25, -0.2) is 4.98 Å². The Kier molecular flexibility index (Phi) is 2.54. The highest BCUT2D eigenvalue weighted by Gasteiger charge is 2.09. The molecule has 2 heterocycles. The number of aromatic nitrogens is 2. The average Bonchev–Trinajstić information content (AvgIpc) is 2.55. The standard InChI is InChI=1S/C12H14N2O/c1-3-4-10-11(8-15)14-7-9(2)5-6-12(14)13-10/h5-8H,3-4H2,1-2H3. The number of carbonyl (C=O) groups excluding carboxylic acids is 1. The Morgan fingerprint density at radius 2 is 2.27 bits per heavy atom. The lowest BCUT2D eigenvalue weighted by atomic mass is 10.2. The molecule has 0 bridgehead atoms. The van der Waals surface area contributed by atoms with Crippen molar-refractivity contribution in [1.29, 1.82) is 0 Å². The van der Waals surface area contributed by atoms with E-state index in [1.807, 2.05) is 29.7 Å². The third kappa shape index (κ3) is 1.65. The lowest BCUT2D eigenvalue weighted by Crippen LogP contribution is -1.95. The summed E-state index contributed by atoms with van der Waals surface area (Å²) in [6.07, 6.45) is 4.70. The minimum absolute atomic E-state index is 0.690. The molecule has 0 aliphatic heterocycles. The largest absolute Gasteiger partial charge is 0.297 e. The van der Waals surface area contributed by atoms with E-state index in [0.717, 1.165) is 36.0 Å². The summed E-state index contributed by atoms with van der Waals surface area (Å²) in [6.45, 7) is 4.09. The van der Waals surface area contributed by atoms with Gasteiger partial charge in [-0.2, -0.15) is 0 Å². The van der Waals surface area contributed by atoms with Crippen LogP contribution in [0.15, 0.2) is 18.3 Å². The summed E-state index contributed by atoms with van der Waals surface area (Å²) >= 11 is 0. The van der Waals surface area contributed by atoms with Gasteiger partial charge in [0.05, 0.1) is 5.69 Å². The molecule has 3 nitrogen and oxygen atoms in total. The minimum Gasteiger partial charge on any atom is -0.297 e. The van der Waals surface area contributed by atoms with Crippen molar-refractivity contribution in [2.75, 3.05) is 0 Å². The lowest BCUT2D eigenvalue weighted by molar-refractivity contribution is 0.111. The fourth-order valence-corrected chi connectivity index (χ4v) is 1.76. The van der Waals surface area contributed by atoms with Gasteiger partial charge in [-0.1, -0.05) is 19.4 Å². The van der Waals surface area contributed by atoms with Crippen LogP contribution in [0.25, 0.3) is 5.65 Å². The number of carbonyl (C=O) groups is 1. The SMILES string of the molecule is CCCc1nc2ccc(C)cn2c1C=O. The maximum atomic E-state index is 11.0. The van der Waals surface area contributed by atoms with E-state index in [1.165, 1.54) is 0 Å². The number of rotatable bonds is 3. The second kappa shape index (κ2) is 3.85. The summed E-state index contributed by atoms with van der Waals surface area (Å²) in [5.74, 6) is 0. The molecule has 0 spiro atoms. The number of pyridine rings is 1. The second-order valence-corrected chi connectivity index (χ2v) is 3.75. The summed E-state index contributed by atoms with van der Waals surface area (Å²) in [6, 6.07) is 3.95. The maximum absolute atomic E-state index is 11.0. The Morgan fingerprint density at radius 1 is 1.47 bits per heavy atom. The zero-order valence-electron chi connectivity index (χ0n) is 9.03. The summed E-state index contributed by atoms with van der Waals surface area (Å²) in [5, 5.41) is 0. The number of aryl methyl sites for hydroxylation is 2. The van der Waals surface area contributed by atoms with Crippen LogP contribution < -0.4 is 0 Å². The number of fused-ring (bicyclic) bond motifs is 1. The van der Waals surface area contributed by atoms with Gasteiger partial charge in [0.1, 0.15) is 11.3 Å². The van der Waals surface area contributed by atoms with Crippen LogP contribution in [0.3, 0.4) is 0 Å². The molecule has 15 heavy (non-hydrogen) atoms. The van der Waals surface area contributed by atoms with Crippen molar-refractivity contribution in [2.45, 2.75) is 26.7 Å². The normalized spacial score (nSPS) is 10.8. The van der Waals surface area contributed by atoms with Gasteiger partial charge < -0.3 is 0 Å². The van der Waals surface area contributed by atoms with E-state index in [1.54, 1.807) is 0 Å². The van der Waals surface area contributed by atoms with Gasteiger partial charge >= 0.3 is 0 Å². The lowest BCUT2D eigenvalue weighted by Gasteiger charge is -1.97. The molecule has 0 saturated heterocycles. The third-order valence-electron chi connectivity index (χ3n) is 2.48. The van der Waals surface area contributed by atoms with Gasteiger partial charge in [-0.3, -0.25) is 9.20 Å². The predicted octanol–water partition coefficient (Wildman–Crippen LogP) is 2.41. The molecule has 0 aliphatic rings. The number of hydrogen-bond acceptors (Lipinski definition) is 2.